The lowest BCUT2D eigenvalue weighted by Gasteiger charge is -2.50. The van der Waals surface area contributed by atoms with E-state index in [0.717, 1.165) is 49.3 Å². The molecular weight excluding hydrogens is 341 g/mol. The van der Waals surface area contributed by atoms with Gasteiger partial charge in [-0.2, -0.15) is 0 Å². The van der Waals surface area contributed by atoms with Crippen molar-refractivity contribution in [3.8, 4) is 0 Å². The molecule has 27 heavy (non-hydrogen) atoms. The number of hydrogen-bond acceptors (Lipinski definition) is 4. The van der Waals surface area contributed by atoms with Crippen LogP contribution in [0.5, 0.6) is 0 Å². The van der Waals surface area contributed by atoms with Crippen LogP contribution in [0.25, 0.3) is 10.9 Å². The summed E-state index contributed by atoms with van der Waals surface area (Å²) in [5.41, 5.74) is 1.13. The van der Waals surface area contributed by atoms with Crippen molar-refractivity contribution in [2.24, 2.45) is 0 Å². The van der Waals surface area contributed by atoms with Gasteiger partial charge in [-0.05, 0) is 50.1 Å². The summed E-state index contributed by atoms with van der Waals surface area (Å²) in [5.74, 6) is 0.669. The van der Waals surface area contributed by atoms with Gasteiger partial charge in [0.1, 0.15) is 5.82 Å². The normalized spacial score (nSPS) is 26.3. The zero-order valence-electron chi connectivity index (χ0n) is 15.5. The zero-order chi connectivity index (χ0) is 18.4. The second-order valence-electron chi connectivity index (χ2n) is 7.70. The zero-order valence-corrected chi connectivity index (χ0v) is 15.5. The molecule has 2 fully saturated rings. The van der Waals surface area contributed by atoms with Crippen molar-refractivity contribution in [1.82, 2.24) is 19.4 Å². The van der Waals surface area contributed by atoms with Crippen LogP contribution in [0, 0.1) is 5.82 Å². The van der Waals surface area contributed by atoms with Gasteiger partial charge in [-0.1, -0.05) is 0 Å². The molecule has 0 radical (unpaired) electrons. The first-order valence-corrected chi connectivity index (χ1v) is 9.74. The molecule has 0 saturated carbocycles. The van der Waals surface area contributed by atoms with Crippen molar-refractivity contribution in [2.45, 2.75) is 37.9 Å². The Morgan fingerprint density at radius 1 is 1.07 bits per heavy atom. The Balaban J connectivity index is 1.35. The standard InChI is InChI=1S/C21H24FN5/c1-15-19-6-4-18(27-10-7-16-13-17(22)3-5-20(16)27)14-25(19)11-12-26(15)21-23-8-2-9-24-21/h2-3,5,7-10,13,15,18-19H,4,6,11-12,14H2,1H3. The van der Waals surface area contributed by atoms with Crippen LogP contribution in [0.2, 0.25) is 0 Å². The summed E-state index contributed by atoms with van der Waals surface area (Å²) in [6.07, 6.45) is 8.04. The van der Waals surface area contributed by atoms with Gasteiger partial charge in [0.25, 0.3) is 0 Å². The summed E-state index contributed by atoms with van der Waals surface area (Å²) in [4.78, 5) is 13.9. The van der Waals surface area contributed by atoms with Crippen molar-refractivity contribution >= 4 is 16.9 Å². The van der Waals surface area contributed by atoms with Crippen LogP contribution >= 0.6 is 0 Å². The molecule has 2 aliphatic rings. The van der Waals surface area contributed by atoms with E-state index < -0.39 is 0 Å². The van der Waals surface area contributed by atoms with Gasteiger partial charge < -0.3 is 9.47 Å². The van der Waals surface area contributed by atoms with Crippen molar-refractivity contribution in [1.29, 1.82) is 0 Å². The first-order valence-electron chi connectivity index (χ1n) is 9.74. The Morgan fingerprint density at radius 3 is 2.78 bits per heavy atom. The first kappa shape index (κ1) is 16.7. The average molecular weight is 365 g/mol. The van der Waals surface area contributed by atoms with Gasteiger partial charge in [-0.25, -0.2) is 14.4 Å². The van der Waals surface area contributed by atoms with Crippen LogP contribution in [-0.2, 0) is 0 Å². The Hall–Kier alpha value is -2.47. The lowest BCUT2D eigenvalue weighted by atomic mass is 9.90. The van der Waals surface area contributed by atoms with E-state index in [1.165, 1.54) is 0 Å². The summed E-state index contributed by atoms with van der Waals surface area (Å²) in [6, 6.07) is 10.3. The Labute approximate surface area is 158 Å². The number of rotatable bonds is 2. The topological polar surface area (TPSA) is 37.2 Å². The average Bonchev–Trinajstić information content (AvgIpc) is 3.11. The molecule has 0 aliphatic carbocycles. The second kappa shape index (κ2) is 6.60. The highest BCUT2D eigenvalue weighted by atomic mass is 19.1. The third-order valence-corrected chi connectivity index (χ3v) is 6.27. The highest BCUT2D eigenvalue weighted by Gasteiger charge is 2.39. The van der Waals surface area contributed by atoms with E-state index in [-0.39, 0.29) is 5.82 Å². The van der Waals surface area contributed by atoms with Crippen molar-refractivity contribution < 1.29 is 4.39 Å². The number of halogens is 1. The smallest absolute Gasteiger partial charge is 0.225 e. The summed E-state index contributed by atoms with van der Waals surface area (Å²) in [7, 11) is 0. The van der Waals surface area contributed by atoms with E-state index >= 15 is 0 Å². The molecule has 2 aromatic heterocycles. The van der Waals surface area contributed by atoms with Gasteiger partial charge in [0.15, 0.2) is 0 Å². The predicted octanol–water partition coefficient (Wildman–Crippen LogP) is 3.48. The van der Waals surface area contributed by atoms with E-state index in [9.17, 15) is 4.39 Å². The van der Waals surface area contributed by atoms with Gasteiger partial charge in [-0.3, -0.25) is 4.90 Å². The molecule has 0 spiro atoms. The molecule has 2 aliphatic heterocycles. The fourth-order valence-electron chi connectivity index (χ4n) is 4.90. The predicted molar refractivity (Wildman–Crippen MR) is 104 cm³/mol. The van der Waals surface area contributed by atoms with Crippen LogP contribution in [-0.4, -0.2) is 51.2 Å². The van der Waals surface area contributed by atoms with E-state index in [1.807, 2.05) is 30.6 Å². The van der Waals surface area contributed by atoms with Gasteiger partial charge in [0.2, 0.25) is 5.95 Å². The van der Waals surface area contributed by atoms with E-state index in [0.29, 0.717) is 18.1 Å². The van der Waals surface area contributed by atoms with E-state index in [1.54, 1.807) is 12.1 Å². The minimum atomic E-state index is -0.169. The summed E-state index contributed by atoms with van der Waals surface area (Å²) < 4.78 is 15.8. The molecule has 6 heteroatoms. The molecule has 2 saturated heterocycles. The minimum absolute atomic E-state index is 0.169. The van der Waals surface area contributed by atoms with Crippen molar-refractivity contribution in [3.63, 3.8) is 0 Å². The number of fused-ring (bicyclic) bond motifs is 2. The fraction of sp³-hybridized carbons (Fsp3) is 0.429. The molecular formula is C21H24FN5. The molecule has 3 aromatic rings. The molecule has 0 bridgehead atoms. The van der Waals surface area contributed by atoms with E-state index in [4.69, 9.17) is 0 Å². The molecule has 1 aromatic carbocycles. The Bertz CT molecular complexity index is 940. The number of piperazine rings is 1. The summed E-state index contributed by atoms with van der Waals surface area (Å²) >= 11 is 0. The van der Waals surface area contributed by atoms with Crippen LogP contribution in [0.15, 0.2) is 48.9 Å². The summed E-state index contributed by atoms with van der Waals surface area (Å²) in [6.45, 7) is 5.31. The number of aromatic nitrogens is 3. The highest BCUT2D eigenvalue weighted by molar-refractivity contribution is 5.80. The maximum absolute atomic E-state index is 13.5. The second-order valence-corrected chi connectivity index (χ2v) is 7.70. The number of anilines is 1. The van der Waals surface area contributed by atoms with Gasteiger partial charge in [-0.15, -0.1) is 0 Å². The van der Waals surface area contributed by atoms with Crippen LogP contribution in [0.4, 0.5) is 10.3 Å². The molecule has 3 atom stereocenters. The number of hydrogen-bond donors (Lipinski definition) is 0. The molecule has 5 nitrogen and oxygen atoms in total. The molecule has 0 N–H and O–H groups in total. The molecule has 0 amide bonds. The Kier molecular flexibility index (Phi) is 4.08. The number of piperidine rings is 1. The maximum Gasteiger partial charge on any atom is 0.225 e. The third-order valence-electron chi connectivity index (χ3n) is 6.27. The monoisotopic (exact) mass is 365 g/mol. The van der Waals surface area contributed by atoms with Gasteiger partial charge >= 0.3 is 0 Å². The third kappa shape index (κ3) is 2.88. The molecule has 3 unspecified atom stereocenters. The summed E-state index contributed by atoms with van der Waals surface area (Å²) in [5, 5.41) is 0.983. The first-order chi connectivity index (χ1) is 13.2. The van der Waals surface area contributed by atoms with Crippen molar-refractivity contribution in [2.75, 3.05) is 24.5 Å². The highest BCUT2D eigenvalue weighted by Crippen LogP contribution is 2.34. The molecule has 4 heterocycles. The van der Waals surface area contributed by atoms with Crippen molar-refractivity contribution in [3.05, 3.63) is 54.7 Å². The number of benzene rings is 1. The Morgan fingerprint density at radius 2 is 1.93 bits per heavy atom. The molecule has 5 rings (SSSR count). The minimum Gasteiger partial charge on any atom is -0.343 e. The SMILES string of the molecule is CC1C2CCC(n3ccc4cc(F)ccc43)CN2CCN1c1ncccn1. The van der Waals surface area contributed by atoms with Crippen LogP contribution in [0.1, 0.15) is 25.8 Å². The van der Waals surface area contributed by atoms with Gasteiger partial charge in [0.05, 0.1) is 0 Å². The van der Waals surface area contributed by atoms with Gasteiger partial charge in [0, 0.05) is 67.3 Å². The molecule has 140 valence electrons. The van der Waals surface area contributed by atoms with E-state index in [2.05, 4.69) is 37.5 Å². The largest absolute Gasteiger partial charge is 0.343 e. The fourth-order valence-corrected chi connectivity index (χ4v) is 4.90. The lowest BCUT2D eigenvalue weighted by Crippen LogP contribution is -2.61. The number of nitrogens with zero attached hydrogens (tertiary/aromatic N) is 5. The lowest BCUT2D eigenvalue weighted by molar-refractivity contribution is 0.0767. The quantitative estimate of drug-likeness (QED) is 0.697. The van der Waals surface area contributed by atoms with Crippen LogP contribution in [0.3, 0.4) is 0 Å². The van der Waals surface area contributed by atoms with Crippen LogP contribution < -0.4 is 4.90 Å². The maximum atomic E-state index is 13.5.